The van der Waals surface area contributed by atoms with E-state index in [1.54, 1.807) is 25.7 Å². The molecule has 0 atom stereocenters. The van der Waals surface area contributed by atoms with E-state index in [1.165, 1.54) is 38.1 Å². The molecule has 0 saturated heterocycles. The first kappa shape index (κ1) is 16.1. The minimum Gasteiger partial charge on any atom is -0.405 e. The molecule has 1 aliphatic carbocycles. The van der Waals surface area contributed by atoms with Crippen LogP contribution >= 0.6 is 0 Å². The van der Waals surface area contributed by atoms with Crippen molar-refractivity contribution in [3.63, 3.8) is 0 Å². The van der Waals surface area contributed by atoms with Gasteiger partial charge in [-0.3, -0.25) is 9.98 Å². The fourth-order valence-electron chi connectivity index (χ4n) is 2.36. The molecular formula is C15H25N5. The summed E-state index contributed by atoms with van der Waals surface area (Å²) < 4.78 is 0. The van der Waals surface area contributed by atoms with Crippen molar-refractivity contribution in [2.75, 3.05) is 13.6 Å². The summed E-state index contributed by atoms with van der Waals surface area (Å²) in [6.45, 7) is 0.831. The van der Waals surface area contributed by atoms with Crippen LogP contribution in [0.3, 0.4) is 0 Å². The Kier molecular flexibility index (Phi) is 8.03. The van der Waals surface area contributed by atoms with Gasteiger partial charge in [0.2, 0.25) is 0 Å². The molecule has 0 aromatic carbocycles. The molecule has 0 radical (unpaired) electrons. The van der Waals surface area contributed by atoms with Crippen molar-refractivity contribution in [3.05, 3.63) is 24.0 Å². The van der Waals surface area contributed by atoms with Gasteiger partial charge in [-0.25, -0.2) is 4.99 Å². The van der Waals surface area contributed by atoms with E-state index in [9.17, 15) is 0 Å². The number of aliphatic imine (C=N–C) groups is 3. The Balaban J connectivity index is 2.53. The van der Waals surface area contributed by atoms with Gasteiger partial charge < -0.3 is 11.5 Å². The summed E-state index contributed by atoms with van der Waals surface area (Å²) in [5, 5.41) is 0. The lowest BCUT2D eigenvalue weighted by atomic mass is 10.1. The highest BCUT2D eigenvalue weighted by atomic mass is 14.9. The fraction of sp³-hybridized carbons (Fsp3) is 0.533. The molecule has 1 rings (SSSR count). The third-order valence-electron chi connectivity index (χ3n) is 3.42. The van der Waals surface area contributed by atoms with E-state index >= 15 is 0 Å². The van der Waals surface area contributed by atoms with E-state index in [4.69, 9.17) is 11.5 Å². The number of hydrogen-bond acceptors (Lipinski definition) is 4. The van der Waals surface area contributed by atoms with E-state index in [0.717, 1.165) is 24.5 Å². The maximum Gasteiger partial charge on any atom is 0.110 e. The second-order valence-electron chi connectivity index (χ2n) is 4.84. The lowest BCUT2D eigenvalue weighted by molar-refractivity contribution is 0.512. The summed E-state index contributed by atoms with van der Waals surface area (Å²) in [6.07, 6.45) is 14.4. The lowest BCUT2D eigenvalue weighted by Gasteiger charge is -2.04. The Hall–Kier alpha value is -1.91. The molecule has 0 amide bonds. The number of nitrogens with two attached hydrogens (primary N) is 2. The van der Waals surface area contributed by atoms with Gasteiger partial charge in [0.1, 0.15) is 6.34 Å². The van der Waals surface area contributed by atoms with Crippen molar-refractivity contribution in [3.8, 4) is 0 Å². The first-order chi connectivity index (χ1) is 9.81. The molecule has 5 heteroatoms. The van der Waals surface area contributed by atoms with Crippen LogP contribution in [0.4, 0.5) is 0 Å². The molecule has 0 aromatic rings. The predicted octanol–water partition coefficient (Wildman–Crippen LogP) is 2.05. The topological polar surface area (TPSA) is 89.1 Å². The molecule has 1 fully saturated rings. The van der Waals surface area contributed by atoms with Crippen molar-refractivity contribution in [2.24, 2.45) is 32.4 Å². The van der Waals surface area contributed by atoms with Gasteiger partial charge in [0.15, 0.2) is 0 Å². The van der Waals surface area contributed by atoms with E-state index < -0.39 is 0 Å². The smallest absolute Gasteiger partial charge is 0.110 e. The molecule has 5 nitrogen and oxygen atoms in total. The molecule has 1 saturated carbocycles. The van der Waals surface area contributed by atoms with Crippen LogP contribution in [0.25, 0.3) is 0 Å². The quantitative estimate of drug-likeness (QED) is 0.550. The summed E-state index contributed by atoms with van der Waals surface area (Å²) in [7, 11) is 1.68. The van der Waals surface area contributed by atoms with E-state index in [0.29, 0.717) is 5.71 Å². The van der Waals surface area contributed by atoms with Crippen LogP contribution in [0, 0.1) is 5.92 Å². The SMILES string of the molecule is CN=C/C(=C\N)C(/C=C/N)=NC=NCCC1CCCC1. The number of hydrogen-bond donors (Lipinski definition) is 2. The first-order valence-corrected chi connectivity index (χ1v) is 7.10. The van der Waals surface area contributed by atoms with Crippen LogP contribution in [-0.2, 0) is 0 Å². The highest BCUT2D eigenvalue weighted by Gasteiger charge is 2.13. The third kappa shape index (κ3) is 5.82. The predicted molar refractivity (Wildman–Crippen MR) is 87.4 cm³/mol. The molecule has 0 unspecified atom stereocenters. The normalized spacial score (nSPS) is 19.1. The molecule has 1 aliphatic rings. The molecule has 0 spiro atoms. The molecule has 110 valence electrons. The van der Waals surface area contributed by atoms with Crippen LogP contribution < -0.4 is 11.5 Å². The fourth-order valence-corrected chi connectivity index (χ4v) is 2.36. The monoisotopic (exact) mass is 275 g/mol. The van der Waals surface area contributed by atoms with E-state index in [2.05, 4.69) is 15.0 Å². The highest BCUT2D eigenvalue weighted by Crippen LogP contribution is 2.27. The van der Waals surface area contributed by atoms with Gasteiger partial charge in [-0.1, -0.05) is 25.7 Å². The maximum absolute atomic E-state index is 5.55. The Morgan fingerprint density at radius 2 is 2.00 bits per heavy atom. The average Bonchev–Trinajstić information content (AvgIpc) is 2.96. The van der Waals surface area contributed by atoms with Crippen molar-refractivity contribution < 1.29 is 0 Å². The Labute approximate surface area is 121 Å². The first-order valence-electron chi connectivity index (χ1n) is 7.10. The highest BCUT2D eigenvalue weighted by molar-refractivity contribution is 6.22. The van der Waals surface area contributed by atoms with Gasteiger partial charge in [0.05, 0.1) is 5.71 Å². The third-order valence-corrected chi connectivity index (χ3v) is 3.42. The Morgan fingerprint density at radius 1 is 1.25 bits per heavy atom. The summed E-state index contributed by atoms with van der Waals surface area (Å²) in [5.41, 5.74) is 12.3. The zero-order chi connectivity index (χ0) is 14.6. The summed E-state index contributed by atoms with van der Waals surface area (Å²) in [4.78, 5) is 12.6. The summed E-state index contributed by atoms with van der Waals surface area (Å²) >= 11 is 0. The Morgan fingerprint density at radius 3 is 2.60 bits per heavy atom. The van der Waals surface area contributed by atoms with Crippen LogP contribution in [-0.4, -0.2) is 31.9 Å². The van der Waals surface area contributed by atoms with Gasteiger partial charge in [-0.2, -0.15) is 0 Å². The number of nitrogens with zero attached hydrogens (tertiary/aromatic N) is 3. The number of rotatable bonds is 7. The molecular weight excluding hydrogens is 250 g/mol. The van der Waals surface area contributed by atoms with Gasteiger partial charge >= 0.3 is 0 Å². The van der Waals surface area contributed by atoms with Crippen LogP contribution in [0.15, 0.2) is 39.0 Å². The van der Waals surface area contributed by atoms with Gasteiger partial charge in [-0.05, 0) is 24.6 Å². The number of allylic oxidation sites excluding steroid dienone is 2. The van der Waals surface area contributed by atoms with Crippen molar-refractivity contribution in [1.29, 1.82) is 0 Å². The Bertz CT molecular complexity index is 412. The lowest BCUT2D eigenvalue weighted by Crippen LogP contribution is -2.05. The second-order valence-corrected chi connectivity index (χ2v) is 4.84. The molecule has 0 aliphatic heterocycles. The minimum atomic E-state index is 0.658. The standard InChI is InChI=1S/C15H25N5/c1-18-11-14(10-17)15(6-8-16)20-12-19-9-7-13-4-2-3-5-13/h6,8,10-13H,2-5,7,9,16-17H2,1H3/b8-6+,14-10+,18-11?,19-12?,20-15?. The summed E-state index contributed by atoms with van der Waals surface area (Å²) in [5.74, 6) is 0.853. The van der Waals surface area contributed by atoms with Crippen molar-refractivity contribution in [1.82, 2.24) is 0 Å². The maximum atomic E-state index is 5.55. The van der Waals surface area contributed by atoms with Gasteiger partial charge in [0.25, 0.3) is 0 Å². The van der Waals surface area contributed by atoms with Crippen LogP contribution in [0.1, 0.15) is 32.1 Å². The van der Waals surface area contributed by atoms with Crippen LogP contribution in [0.5, 0.6) is 0 Å². The molecule has 0 heterocycles. The largest absolute Gasteiger partial charge is 0.405 e. The molecule has 4 N–H and O–H groups in total. The van der Waals surface area contributed by atoms with E-state index in [-0.39, 0.29) is 0 Å². The van der Waals surface area contributed by atoms with E-state index in [1.807, 2.05) is 0 Å². The van der Waals surface area contributed by atoms with Gasteiger partial charge in [0, 0.05) is 31.6 Å². The van der Waals surface area contributed by atoms with Crippen LogP contribution in [0.2, 0.25) is 0 Å². The molecule has 0 aromatic heterocycles. The molecule has 0 bridgehead atoms. The zero-order valence-electron chi connectivity index (χ0n) is 12.2. The molecule has 20 heavy (non-hydrogen) atoms. The zero-order valence-corrected chi connectivity index (χ0v) is 12.2. The summed E-state index contributed by atoms with van der Waals surface area (Å²) in [6, 6.07) is 0. The van der Waals surface area contributed by atoms with Crippen molar-refractivity contribution >= 4 is 18.3 Å². The van der Waals surface area contributed by atoms with Crippen molar-refractivity contribution in [2.45, 2.75) is 32.1 Å². The average molecular weight is 275 g/mol. The minimum absolute atomic E-state index is 0.658. The second kappa shape index (κ2) is 9.95. The van der Waals surface area contributed by atoms with Gasteiger partial charge in [-0.15, -0.1) is 0 Å².